The van der Waals surface area contributed by atoms with Crippen LogP contribution >= 0.6 is 0 Å². The van der Waals surface area contributed by atoms with E-state index in [2.05, 4.69) is 45.5 Å². The third kappa shape index (κ3) is 3.25. The van der Waals surface area contributed by atoms with E-state index < -0.39 is 0 Å². The Kier molecular flexibility index (Phi) is 4.07. The normalized spacial score (nSPS) is 10.8. The van der Waals surface area contributed by atoms with Crippen LogP contribution in [0.25, 0.3) is 22.0 Å². The SMILES string of the molecule is Nc1nnc(-c2cccc(OCc3ccc4ccccc4c3)c2)c(N)n1. The van der Waals surface area contributed by atoms with Crippen molar-refractivity contribution in [2.45, 2.75) is 6.61 Å². The molecule has 0 saturated heterocycles. The Morgan fingerprint density at radius 2 is 1.65 bits per heavy atom. The van der Waals surface area contributed by atoms with Crippen molar-refractivity contribution in [1.82, 2.24) is 15.2 Å². The first-order chi connectivity index (χ1) is 12.7. The first-order valence-electron chi connectivity index (χ1n) is 8.15. The lowest BCUT2D eigenvalue weighted by Crippen LogP contribution is -2.04. The molecule has 0 spiro atoms. The van der Waals surface area contributed by atoms with Gasteiger partial charge in [-0.25, -0.2) is 0 Å². The first kappa shape index (κ1) is 15.8. The number of ether oxygens (including phenoxy) is 1. The minimum absolute atomic E-state index is 0.0509. The number of aromatic nitrogens is 3. The van der Waals surface area contributed by atoms with Crippen molar-refractivity contribution in [3.63, 3.8) is 0 Å². The second-order valence-corrected chi connectivity index (χ2v) is 5.90. The zero-order valence-electron chi connectivity index (χ0n) is 14.0. The van der Waals surface area contributed by atoms with Crippen molar-refractivity contribution >= 4 is 22.5 Å². The predicted molar refractivity (Wildman–Crippen MR) is 102 cm³/mol. The summed E-state index contributed by atoms with van der Waals surface area (Å²) in [5.74, 6) is 1.01. The molecule has 0 fully saturated rings. The number of nitrogen functional groups attached to an aromatic ring is 2. The fourth-order valence-corrected chi connectivity index (χ4v) is 2.79. The summed E-state index contributed by atoms with van der Waals surface area (Å²) in [4.78, 5) is 3.94. The van der Waals surface area contributed by atoms with Crippen LogP contribution in [0.5, 0.6) is 5.75 Å². The molecule has 0 saturated carbocycles. The van der Waals surface area contributed by atoms with Crippen molar-refractivity contribution in [2.75, 3.05) is 11.5 Å². The molecule has 3 aromatic carbocycles. The molecule has 0 bridgehead atoms. The molecule has 1 heterocycles. The van der Waals surface area contributed by atoms with Gasteiger partial charge in [-0.1, -0.05) is 48.5 Å². The number of anilines is 2. The van der Waals surface area contributed by atoms with Crippen LogP contribution in [-0.4, -0.2) is 15.2 Å². The lowest BCUT2D eigenvalue weighted by Gasteiger charge is -2.09. The summed E-state index contributed by atoms with van der Waals surface area (Å²) in [6.45, 7) is 0.468. The predicted octanol–water partition coefficient (Wildman–Crippen LogP) is 3.44. The number of rotatable bonds is 4. The van der Waals surface area contributed by atoms with Crippen LogP contribution in [0.3, 0.4) is 0 Å². The molecule has 0 aliphatic heterocycles. The van der Waals surface area contributed by atoms with E-state index in [1.54, 1.807) is 0 Å². The van der Waals surface area contributed by atoms with Crippen LogP contribution in [0.1, 0.15) is 5.56 Å². The largest absolute Gasteiger partial charge is 0.489 e. The monoisotopic (exact) mass is 343 g/mol. The van der Waals surface area contributed by atoms with Gasteiger partial charge >= 0.3 is 0 Å². The summed E-state index contributed by atoms with van der Waals surface area (Å²) < 4.78 is 5.93. The number of fused-ring (bicyclic) bond motifs is 1. The molecule has 0 aliphatic rings. The van der Waals surface area contributed by atoms with Crippen molar-refractivity contribution in [3.05, 3.63) is 72.3 Å². The average molecular weight is 343 g/mol. The molecule has 0 amide bonds. The summed E-state index contributed by atoms with van der Waals surface area (Å²) in [7, 11) is 0. The average Bonchev–Trinajstić information content (AvgIpc) is 2.66. The van der Waals surface area contributed by atoms with E-state index in [0.717, 1.165) is 11.1 Å². The number of hydrogen-bond acceptors (Lipinski definition) is 6. The van der Waals surface area contributed by atoms with Gasteiger partial charge in [-0.15, -0.1) is 10.2 Å². The highest BCUT2D eigenvalue weighted by atomic mass is 16.5. The topological polar surface area (TPSA) is 99.9 Å². The van der Waals surface area contributed by atoms with E-state index in [-0.39, 0.29) is 11.8 Å². The molecule has 1 aromatic heterocycles. The molecule has 0 atom stereocenters. The molecule has 6 nitrogen and oxygen atoms in total. The van der Waals surface area contributed by atoms with Crippen LogP contribution in [0.4, 0.5) is 11.8 Å². The van der Waals surface area contributed by atoms with E-state index >= 15 is 0 Å². The molecule has 26 heavy (non-hydrogen) atoms. The number of nitrogens with two attached hydrogens (primary N) is 2. The van der Waals surface area contributed by atoms with Crippen LogP contribution in [0, 0.1) is 0 Å². The molecule has 128 valence electrons. The third-order valence-electron chi connectivity index (χ3n) is 4.06. The molecule has 0 radical (unpaired) electrons. The lowest BCUT2D eigenvalue weighted by atomic mass is 10.1. The second kappa shape index (κ2) is 6.68. The van der Waals surface area contributed by atoms with Crippen molar-refractivity contribution in [3.8, 4) is 17.0 Å². The molecule has 6 heteroatoms. The molecule has 4 N–H and O–H groups in total. The van der Waals surface area contributed by atoms with Gasteiger partial charge in [-0.05, 0) is 34.5 Å². The Labute approximate surface area is 150 Å². The standard InChI is InChI=1S/C20H17N5O/c21-19-18(24-25-20(22)23-19)16-6-3-7-17(11-16)26-12-13-8-9-14-4-1-2-5-15(14)10-13/h1-11H,12H2,(H4,21,22,23,25). The van der Waals surface area contributed by atoms with Crippen LogP contribution < -0.4 is 16.2 Å². The van der Waals surface area contributed by atoms with E-state index in [9.17, 15) is 0 Å². The van der Waals surface area contributed by atoms with Crippen LogP contribution in [0.15, 0.2) is 66.7 Å². The van der Waals surface area contributed by atoms with Gasteiger partial charge in [-0.2, -0.15) is 4.98 Å². The summed E-state index contributed by atoms with van der Waals surface area (Å²) >= 11 is 0. The zero-order chi connectivity index (χ0) is 17.9. The Morgan fingerprint density at radius 3 is 2.50 bits per heavy atom. The fraction of sp³-hybridized carbons (Fsp3) is 0.0500. The van der Waals surface area contributed by atoms with E-state index in [4.69, 9.17) is 16.2 Å². The molecule has 4 aromatic rings. The van der Waals surface area contributed by atoms with Crippen molar-refractivity contribution in [1.29, 1.82) is 0 Å². The lowest BCUT2D eigenvalue weighted by molar-refractivity contribution is 0.306. The van der Waals surface area contributed by atoms with Gasteiger partial charge in [0.2, 0.25) is 5.95 Å². The molecular formula is C20H17N5O. The van der Waals surface area contributed by atoms with Gasteiger partial charge in [0.15, 0.2) is 5.82 Å². The van der Waals surface area contributed by atoms with Crippen molar-refractivity contribution in [2.24, 2.45) is 0 Å². The number of benzene rings is 3. The van der Waals surface area contributed by atoms with Gasteiger partial charge in [0.25, 0.3) is 0 Å². The maximum Gasteiger partial charge on any atom is 0.242 e. The van der Waals surface area contributed by atoms with E-state index in [0.29, 0.717) is 18.1 Å². The highest BCUT2D eigenvalue weighted by molar-refractivity contribution is 5.83. The Hall–Kier alpha value is -3.67. The van der Waals surface area contributed by atoms with E-state index in [1.807, 2.05) is 36.4 Å². The second-order valence-electron chi connectivity index (χ2n) is 5.90. The third-order valence-corrected chi connectivity index (χ3v) is 4.06. The first-order valence-corrected chi connectivity index (χ1v) is 8.15. The fourth-order valence-electron chi connectivity index (χ4n) is 2.79. The maximum atomic E-state index is 5.93. The number of hydrogen-bond donors (Lipinski definition) is 2. The zero-order valence-corrected chi connectivity index (χ0v) is 14.0. The summed E-state index contributed by atoms with van der Waals surface area (Å²) in [6, 6.07) is 22.0. The highest BCUT2D eigenvalue weighted by Gasteiger charge is 2.09. The summed E-state index contributed by atoms with van der Waals surface area (Å²) in [5, 5.41) is 10.2. The summed E-state index contributed by atoms with van der Waals surface area (Å²) in [6.07, 6.45) is 0. The maximum absolute atomic E-state index is 5.93. The highest BCUT2D eigenvalue weighted by Crippen LogP contribution is 2.26. The minimum atomic E-state index is 0.0509. The van der Waals surface area contributed by atoms with Crippen molar-refractivity contribution < 1.29 is 4.74 Å². The summed E-state index contributed by atoms with van der Waals surface area (Å²) in [5.41, 5.74) is 13.7. The Morgan fingerprint density at radius 1 is 0.808 bits per heavy atom. The van der Waals surface area contributed by atoms with Crippen LogP contribution in [-0.2, 0) is 6.61 Å². The van der Waals surface area contributed by atoms with E-state index in [1.165, 1.54) is 10.8 Å². The smallest absolute Gasteiger partial charge is 0.242 e. The Bertz CT molecular complexity index is 1080. The van der Waals surface area contributed by atoms with Crippen LogP contribution in [0.2, 0.25) is 0 Å². The van der Waals surface area contributed by atoms with Gasteiger partial charge in [0, 0.05) is 5.56 Å². The molecule has 0 unspecified atom stereocenters. The quantitative estimate of drug-likeness (QED) is 0.589. The molecule has 4 rings (SSSR count). The minimum Gasteiger partial charge on any atom is -0.489 e. The number of nitrogens with zero attached hydrogens (tertiary/aromatic N) is 3. The Balaban J connectivity index is 1.55. The van der Waals surface area contributed by atoms with Gasteiger partial charge in [-0.3, -0.25) is 0 Å². The van der Waals surface area contributed by atoms with Gasteiger partial charge in [0.1, 0.15) is 18.1 Å². The van der Waals surface area contributed by atoms with Gasteiger partial charge < -0.3 is 16.2 Å². The van der Waals surface area contributed by atoms with Gasteiger partial charge in [0.05, 0.1) is 0 Å². The molecule has 0 aliphatic carbocycles. The molecular weight excluding hydrogens is 326 g/mol.